The topological polar surface area (TPSA) is 35.5 Å². The highest BCUT2D eigenvalue weighted by molar-refractivity contribution is 5.96. The lowest BCUT2D eigenvalue weighted by Crippen LogP contribution is -2.12. The SMILES string of the molecule is CC1COc2ccc(C(=O)CC3CCCCC3)cc2OC1. The first kappa shape index (κ1) is 14.4. The molecule has 1 atom stereocenters. The van der Waals surface area contributed by atoms with Crippen LogP contribution in [0.25, 0.3) is 0 Å². The third-order valence-electron chi connectivity index (χ3n) is 4.51. The predicted octanol–water partition coefficient (Wildman–Crippen LogP) is 4.25. The fourth-order valence-electron chi connectivity index (χ4n) is 3.20. The lowest BCUT2D eigenvalue weighted by molar-refractivity contribution is 0.0950. The number of rotatable bonds is 3. The summed E-state index contributed by atoms with van der Waals surface area (Å²) in [6.07, 6.45) is 6.96. The van der Waals surface area contributed by atoms with Gasteiger partial charge in [-0.05, 0) is 24.1 Å². The van der Waals surface area contributed by atoms with Crippen molar-refractivity contribution in [2.45, 2.75) is 45.4 Å². The summed E-state index contributed by atoms with van der Waals surface area (Å²) < 4.78 is 11.5. The Bertz CT molecular complexity index is 503. The lowest BCUT2D eigenvalue weighted by atomic mass is 9.85. The van der Waals surface area contributed by atoms with Crippen molar-refractivity contribution in [1.82, 2.24) is 0 Å². The van der Waals surface area contributed by atoms with Crippen molar-refractivity contribution in [3.05, 3.63) is 23.8 Å². The average Bonchev–Trinajstić information content (AvgIpc) is 2.70. The quantitative estimate of drug-likeness (QED) is 0.780. The molecule has 0 aromatic heterocycles. The molecule has 0 radical (unpaired) electrons. The van der Waals surface area contributed by atoms with Crippen LogP contribution < -0.4 is 9.47 Å². The lowest BCUT2D eigenvalue weighted by Gasteiger charge is -2.20. The Kier molecular flexibility index (Phi) is 4.47. The smallest absolute Gasteiger partial charge is 0.163 e. The summed E-state index contributed by atoms with van der Waals surface area (Å²) >= 11 is 0. The van der Waals surface area contributed by atoms with Crippen LogP contribution in [-0.2, 0) is 0 Å². The second-order valence-electron chi connectivity index (χ2n) is 6.52. The summed E-state index contributed by atoms with van der Waals surface area (Å²) in [5.74, 6) is 2.66. The highest BCUT2D eigenvalue weighted by atomic mass is 16.5. The average molecular weight is 288 g/mol. The van der Waals surface area contributed by atoms with E-state index in [4.69, 9.17) is 9.47 Å². The van der Waals surface area contributed by atoms with Gasteiger partial charge < -0.3 is 9.47 Å². The van der Waals surface area contributed by atoms with Gasteiger partial charge in [-0.15, -0.1) is 0 Å². The molecule has 1 aliphatic carbocycles. The number of fused-ring (bicyclic) bond motifs is 1. The molecule has 0 spiro atoms. The van der Waals surface area contributed by atoms with Gasteiger partial charge in [0.15, 0.2) is 17.3 Å². The Labute approximate surface area is 126 Å². The number of benzene rings is 1. The van der Waals surface area contributed by atoms with Crippen molar-refractivity contribution in [1.29, 1.82) is 0 Å². The molecule has 114 valence electrons. The molecule has 0 amide bonds. The number of carbonyl (C=O) groups is 1. The Balaban J connectivity index is 1.69. The zero-order valence-corrected chi connectivity index (χ0v) is 12.8. The second-order valence-corrected chi connectivity index (χ2v) is 6.52. The van der Waals surface area contributed by atoms with Crippen molar-refractivity contribution >= 4 is 5.78 Å². The molecule has 2 aliphatic rings. The Morgan fingerprint density at radius 3 is 2.57 bits per heavy atom. The van der Waals surface area contributed by atoms with Crippen LogP contribution in [0.3, 0.4) is 0 Å². The molecule has 1 fully saturated rings. The van der Waals surface area contributed by atoms with Crippen LogP contribution in [0, 0.1) is 11.8 Å². The fourth-order valence-corrected chi connectivity index (χ4v) is 3.20. The van der Waals surface area contributed by atoms with Crippen LogP contribution in [0.4, 0.5) is 0 Å². The number of carbonyl (C=O) groups excluding carboxylic acids is 1. The monoisotopic (exact) mass is 288 g/mol. The van der Waals surface area contributed by atoms with E-state index in [-0.39, 0.29) is 5.78 Å². The molecule has 1 unspecified atom stereocenters. The molecule has 0 bridgehead atoms. The van der Waals surface area contributed by atoms with E-state index in [0.717, 1.165) is 11.3 Å². The van der Waals surface area contributed by atoms with Crippen molar-refractivity contribution in [3.63, 3.8) is 0 Å². The molecular formula is C18H24O3. The van der Waals surface area contributed by atoms with E-state index in [0.29, 0.717) is 37.2 Å². The zero-order chi connectivity index (χ0) is 14.7. The minimum atomic E-state index is 0.241. The number of ketones is 1. The van der Waals surface area contributed by atoms with E-state index < -0.39 is 0 Å². The summed E-state index contributed by atoms with van der Waals surface area (Å²) in [4.78, 5) is 12.5. The molecule has 21 heavy (non-hydrogen) atoms. The highest BCUT2D eigenvalue weighted by Crippen LogP contribution is 2.33. The van der Waals surface area contributed by atoms with Gasteiger partial charge in [-0.3, -0.25) is 4.79 Å². The molecule has 1 aromatic rings. The van der Waals surface area contributed by atoms with Crippen molar-refractivity contribution < 1.29 is 14.3 Å². The summed E-state index contributed by atoms with van der Waals surface area (Å²) in [6, 6.07) is 5.61. The van der Waals surface area contributed by atoms with E-state index in [9.17, 15) is 4.79 Å². The van der Waals surface area contributed by atoms with E-state index in [2.05, 4.69) is 6.92 Å². The first-order valence-corrected chi connectivity index (χ1v) is 8.15. The second kappa shape index (κ2) is 6.50. The van der Waals surface area contributed by atoms with Gasteiger partial charge in [0, 0.05) is 17.9 Å². The van der Waals surface area contributed by atoms with E-state index in [1.54, 1.807) is 0 Å². The molecule has 1 saturated carbocycles. The van der Waals surface area contributed by atoms with Gasteiger partial charge in [0.05, 0.1) is 13.2 Å². The minimum absolute atomic E-state index is 0.241. The van der Waals surface area contributed by atoms with Crippen molar-refractivity contribution in [3.8, 4) is 11.5 Å². The maximum absolute atomic E-state index is 12.5. The standard InChI is InChI=1S/C18H24O3/c1-13-11-20-17-8-7-15(10-18(17)21-12-13)16(19)9-14-5-3-2-4-6-14/h7-8,10,13-14H,2-6,9,11-12H2,1H3. The largest absolute Gasteiger partial charge is 0.489 e. The normalized spacial score (nSPS) is 22.6. The van der Waals surface area contributed by atoms with E-state index in [1.165, 1.54) is 32.1 Å². The minimum Gasteiger partial charge on any atom is -0.489 e. The molecule has 1 aromatic carbocycles. The fraction of sp³-hybridized carbons (Fsp3) is 0.611. The van der Waals surface area contributed by atoms with Gasteiger partial charge in [-0.2, -0.15) is 0 Å². The van der Waals surface area contributed by atoms with Crippen LogP contribution in [0.1, 0.15) is 55.8 Å². The van der Waals surface area contributed by atoms with E-state index in [1.807, 2.05) is 18.2 Å². The Morgan fingerprint density at radius 2 is 1.81 bits per heavy atom. The maximum atomic E-state index is 12.5. The molecule has 3 heteroatoms. The molecule has 0 saturated heterocycles. The van der Waals surface area contributed by atoms with E-state index >= 15 is 0 Å². The van der Waals surface area contributed by atoms with Gasteiger partial charge in [-0.1, -0.05) is 39.0 Å². The summed E-state index contributed by atoms with van der Waals surface area (Å²) in [7, 11) is 0. The van der Waals surface area contributed by atoms with Gasteiger partial charge >= 0.3 is 0 Å². The summed E-state index contributed by atoms with van der Waals surface area (Å²) in [6.45, 7) is 3.41. The van der Waals surface area contributed by atoms with Gasteiger partial charge in [0.2, 0.25) is 0 Å². The molecule has 0 N–H and O–H groups in total. The highest BCUT2D eigenvalue weighted by Gasteiger charge is 2.20. The van der Waals surface area contributed by atoms with Crippen molar-refractivity contribution in [2.75, 3.05) is 13.2 Å². The third-order valence-corrected chi connectivity index (χ3v) is 4.51. The third kappa shape index (κ3) is 3.58. The first-order chi connectivity index (χ1) is 10.2. The molecule has 3 nitrogen and oxygen atoms in total. The summed E-state index contributed by atoms with van der Waals surface area (Å²) in [5, 5.41) is 0. The number of hydrogen-bond donors (Lipinski definition) is 0. The summed E-state index contributed by atoms with van der Waals surface area (Å²) in [5.41, 5.74) is 0.762. The van der Waals surface area contributed by atoms with Gasteiger partial charge in [0.25, 0.3) is 0 Å². The van der Waals surface area contributed by atoms with Gasteiger partial charge in [-0.25, -0.2) is 0 Å². The molecular weight excluding hydrogens is 264 g/mol. The molecule has 3 rings (SSSR count). The number of hydrogen-bond acceptors (Lipinski definition) is 3. The Morgan fingerprint density at radius 1 is 1.10 bits per heavy atom. The number of Topliss-reactive ketones (excluding diaryl/α,β-unsaturated/α-hetero) is 1. The van der Waals surface area contributed by atoms with Crippen LogP contribution in [0.5, 0.6) is 11.5 Å². The first-order valence-electron chi connectivity index (χ1n) is 8.15. The van der Waals surface area contributed by atoms with Gasteiger partial charge in [0.1, 0.15) is 0 Å². The molecule has 1 aliphatic heterocycles. The van der Waals surface area contributed by atoms with Crippen LogP contribution in [-0.4, -0.2) is 19.0 Å². The maximum Gasteiger partial charge on any atom is 0.163 e. The molecule has 1 heterocycles. The Hall–Kier alpha value is -1.51. The number of ether oxygens (including phenoxy) is 2. The van der Waals surface area contributed by atoms with Crippen LogP contribution in [0.15, 0.2) is 18.2 Å². The van der Waals surface area contributed by atoms with Crippen LogP contribution >= 0.6 is 0 Å². The predicted molar refractivity (Wildman–Crippen MR) is 82.1 cm³/mol. The zero-order valence-electron chi connectivity index (χ0n) is 12.8. The van der Waals surface area contributed by atoms with Crippen LogP contribution in [0.2, 0.25) is 0 Å². The van der Waals surface area contributed by atoms with Crippen molar-refractivity contribution in [2.24, 2.45) is 11.8 Å².